The maximum absolute atomic E-state index is 5.90. The number of nitrogens with zero attached hydrogens (tertiary/aromatic N) is 1. The van der Waals surface area contributed by atoms with E-state index in [0.29, 0.717) is 12.2 Å². The van der Waals surface area contributed by atoms with Crippen LogP contribution in [0.2, 0.25) is 0 Å². The Bertz CT molecular complexity index is 213. The molecular weight excluding hydrogens is 186 g/mol. The van der Waals surface area contributed by atoms with Gasteiger partial charge < -0.3 is 4.74 Å². The first-order valence-corrected chi connectivity index (χ1v) is 6.71. The third-order valence-corrected chi connectivity index (χ3v) is 4.29. The minimum Gasteiger partial charge on any atom is -0.372 e. The van der Waals surface area contributed by atoms with Crippen LogP contribution in [0.3, 0.4) is 0 Å². The topological polar surface area (TPSA) is 12.5 Å². The first-order chi connectivity index (χ1) is 7.31. The molecule has 0 N–H and O–H groups in total. The van der Waals surface area contributed by atoms with Crippen molar-refractivity contribution in [1.29, 1.82) is 0 Å². The van der Waals surface area contributed by atoms with Crippen molar-refractivity contribution < 1.29 is 4.74 Å². The van der Waals surface area contributed by atoms with E-state index in [1.54, 1.807) is 0 Å². The maximum Gasteiger partial charge on any atom is 0.0832 e. The van der Waals surface area contributed by atoms with Crippen molar-refractivity contribution in [3.63, 3.8) is 0 Å². The summed E-state index contributed by atoms with van der Waals surface area (Å²) in [5.74, 6) is 0.973. The number of hydrogen-bond acceptors (Lipinski definition) is 2. The van der Waals surface area contributed by atoms with E-state index in [1.807, 2.05) is 0 Å². The minimum atomic E-state index is 0.580. The third-order valence-electron chi connectivity index (χ3n) is 4.29. The minimum absolute atomic E-state index is 0.580. The van der Waals surface area contributed by atoms with Crippen molar-refractivity contribution in [3.05, 3.63) is 0 Å². The van der Waals surface area contributed by atoms with Gasteiger partial charge in [0.25, 0.3) is 0 Å². The van der Waals surface area contributed by atoms with E-state index in [0.717, 1.165) is 12.0 Å². The molecule has 0 amide bonds. The van der Waals surface area contributed by atoms with Crippen LogP contribution in [0, 0.1) is 5.92 Å². The summed E-state index contributed by atoms with van der Waals surface area (Å²) < 4.78 is 5.90. The molecule has 0 radical (unpaired) electrons. The highest BCUT2D eigenvalue weighted by Gasteiger charge is 2.37. The smallest absolute Gasteiger partial charge is 0.0832 e. The Hall–Kier alpha value is -0.0800. The highest BCUT2D eigenvalue weighted by Crippen LogP contribution is 2.32. The predicted octanol–water partition coefficient (Wildman–Crippen LogP) is 2.43. The Balaban J connectivity index is 1.38. The van der Waals surface area contributed by atoms with Crippen LogP contribution in [0.15, 0.2) is 0 Å². The van der Waals surface area contributed by atoms with E-state index in [1.165, 1.54) is 51.6 Å². The molecule has 15 heavy (non-hydrogen) atoms. The Morgan fingerprint density at radius 3 is 2.13 bits per heavy atom. The summed E-state index contributed by atoms with van der Waals surface area (Å²) in [4.78, 5) is 2.65. The van der Waals surface area contributed by atoms with E-state index < -0.39 is 0 Å². The van der Waals surface area contributed by atoms with Gasteiger partial charge in [-0.05, 0) is 44.4 Å². The van der Waals surface area contributed by atoms with Crippen LogP contribution in [0.25, 0.3) is 0 Å². The molecule has 0 aromatic carbocycles. The molecule has 2 aliphatic carbocycles. The van der Waals surface area contributed by atoms with Crippen LogP contribution in [0.1, 0.15) is 45.4 Å². The molecule has 0 atom stereocenters. The molecule has 0 bridgehead atoms. The molecule has 1 aliphatic heterocycles. The van der Waals surface area contributed by atoms with Crippen molar-refractivity contribution in [3.8, 4) is 0 Å². The second-order valence-electron chi connectivity index (χ2n) is 5.83. The first kappa shape index (κ1) is 10.1. The van der Waals surface area contributed by atoms with Crippen molar-refractivity contribution in [1.82, 2.24) is 4.90 Å². The van der Waals surface area contributed by atoms with Crippen LogP contribution < -0.4 is 0 Å². The highest BCUT2D eigenvalue weighted by atomic mass is 16.5. The predicted molar refractivity (Wildman–Crippen MR) is 60.9 cm³/mol. The van der Waals surface area contributed by atoms with Gasteiger partial charge >= 0.3 is 0 Å². The summed E-state index contributed by atoms with van der Waals surface area (Å²) in [6, 6.07) is 0.889. The second-order valence-corrected chi connectivity index (χ2v) is 5.83. The lowest BCUT2D eigenvalue weighted by molar-refractivity contribution is -0.0854. The Labute approximate surface area is 93.0 Å². The van der Waals surface area contributed by atoms with E-state index in [4.69, 9.17) is 4.74 Å². The van der Waals surface area contributed by atoms with E-state index >= 15 is 0 Å². The molecular formula is C13H23NO. The molecule has 0 aromatic rings. The number of hydrogen-bond donors (Lipinski definition) is 0. The lowest BCUT2D eigenvalue weighted by Gasteiger charge is -2.46. The lowest BCUT2D eigenvalue weighted by Crippen LogP contribution is -2.57. The highest BCUT2D eigenvalue weighted by molar-refractivity contribution is 4.90. The SMILES string of the molecule is C[C@H]1CC[C@H](N2CC(OC3CC3)C2)CC1. The fourth-order valence-electron chi connectivity index (χ4n) is 2.94. The largest absolute Gasteiger partial charge is 0.372 e. The number of rotatable bonds is 3. The average molecular weight is 209 g/mol. The summed E-state index contributed by atoms with van der Waals surface area (Å²) in [6.45, 7) is 4.83. The molecule has 86 valence electrons. The van der Waals surface area contributed by atoms with Crippen LogP contribution in [0.5, 0.6) is 0 Å². The van der Waals surface area contributed by atoms with Crippen LogP contribution in [0.4, 0.5) is 0 Å². The van der Waals surface area contributed by atoms with Gasteiger partial charge in [-0.2, -0.15) is 0 Å². The fourth-order valence-corrected chi connectivity index (χ4v) is 2.94. The molecule has 1 saturated heterocycles. The molecule has 2 nitrogen and oxygen atoms in total. The molecule has 3 fully saturated rings. The van der Waals surface area contributed by atoms with Gasteiger partial charge in [0.05, 0.1) is 12.2 Å². The second kappa shape index (κ2) is 4.06. The average Bonchev–Trinajstić information content (AvgIpc) is 2.96. The van der Waals surface area contributed by atoms with Crippen molar-refractivity contribution in [2.45, 2.75) is 63.7 Å². The molecule has 0 aromatic heterocycles. The lowest BCUT2D eigenvalue weighted by atomic mass is 9.85. The normalized spacial score (nSPS) is 39.0. The Morgan fingerprint density at radius 1 is 0.867 bits per heavy atom. The van der Waals surface area contributed by atoms with Crippen molar-refractivity contribution in [2.75, 3.05) is 13.1 Å². The first-order valence-electron chi connectivity index (χ1n) is 6.71. The molecule has 2 saturated carbocycles. The zero-order chi connectivity index (χ0) is 10.3. The summed E-state index contributed by atoms with van der Waals surface area (Å²) >= 11 is 0. The quantitative estimate of drug-likeness (QED) is 0.708. The van der Waals surface area contributed by atoms with Crippen LogP contribution in [-0.4, -0.2) is 36.2 Å². The summed E-state index contributed by atoms with van der Waals surface area (Å²) in [6.07, 6.45) is 9.59. The Kier molecular flexibility index (Phi) is 2.73. The third kappa shape index (κ3) is 2.36. The monoisotopic (exact) mass is 209 g/mol. The zero-order valence-electron chi connectivity index (χ0n) is 9.82. The summed E-state index contributed by atoms with van der Waals surface area (Å²) in [7, 11) is 0. The number of likely N-dealkylation sites (tertiary alicyclic amines) is 1. The van der Waals surface area contributed by atoms with Gasteiger partial charge in [-0.15, -0.1) is 0 Å². The molecule has 0 spiro atoms. The molecule has 1 heterocycles. The molecule has 3 rings (SSSR count). The van der Waals surface area contributed by atoms with Gasteiger partial charge in [0, 0.05) is 19.1 Å². The summed E-state index contributed by atoms with van der Waals surface area (Å²) in [5.41, 5.74) is 0. The van der Waals surface area contributed by atoms with Gasteiger partial charge in [0.15, 0.2) is 0 Å². The standard InChI is InChI=1S/C13H23NO/c1-10-2-4-11(5-3-10)14-8-13(9-14)15-12-6-7-12/h10-13H,2-9H2,1H3/t10-,11-. The van der Waals surface area contributed by atoms with Crippen molar-refractivity contribution in [2.24, 2.45) is 5.92 Å². The van der Waals surface area contributed by atoms with Crippen LogP contribution >= 0.6 is 0 Å². The summed E-state index contributed by atoms with van der Waals surface area (Å²) in [5, 5.41) is 0. The fraction of sp³-hybridized carbons (Fsp3) is 1.00. The van der Waals surface area contributed by atoms with Gasteiger partial charge in [0.1, 0.15) is 0 Å². The van der Waals surface area contributed by atoms with E-state index in [-0.39, 0.29) is 0 Å². The maximum atomic E-state index is 5.90. The van der Waals surface area contributed by atoms with Crippen molar-refractivity contribution >= 4 is 0 Å². The molecule has 2 heteroatoms. The van der Waals surface area contributed by atoms with E-state index in [9.17, 15) is 0 Å². The number of ether oxygens (including phenoxy) is 1. The molecule has 0 unspecified atom stereocenters. The molecule has 3 aliphatic rings. The van der Waals surface area contributed by atoms with E-state index in [2.05, 4.69) is 11.8 Å². The van der Waals surface area contributed by atoms with Gasteiger partial charge in [-0.25, -0.2) is 0 Å². The van der Waals surface area contributed by atoms with Gasteiger partial charge in [0.2, 0.25) is 0 Å². The Morgan fingerprint density at radius 2 is 1.53 bits per heavy atom. The zero-order valence-corrected chi connectivity index (χ0v) is 9.82. The van der Waals surface area contributed by atoms with Gasteiger partial charge in [-0.1, -0.05) is 6.92 Å². The van der Waals surface area contributed by atoms with Gasteiger partial charge in [-0.3, -0.25) is 4.90 Å². The van der Waals surface area contributed by atoms with Crippen LogP contribution in [-0.2, 0) is 4.74 Å².